The third-order valence-electron chi connectivity index (χ3n) is 2.47. The van der Waals surface area contributed by atoms with Gasteiger partial charge in [-0.1, -0.05) is 12.1 Å². The van der Waals surface area contributed by atoms with Crippen molar-refractivity contribution in [1.29, 1.82) is 0 Å². The molecule has 0 aliphatic rings. The molecule has 0 fully saturated rings. The summed E-state index contributed by atoms with van der Waals surface area (Å²) in [4.78, 5) is 13.1. The quantitative estimate of drug-likeness (QED) is 0.905. The van der Waals surface area contributed by atoms with E-state index in [1.165, 1.54) is 23.1 Å². The highest BCUT2D eigenvalue weighted by atomic mass is 19.4. The van der Waals surface area contributed by atoms with E-state index in [4.69, 9.17) is 5.73 Å². The van der Waals surface area contributed by atoms with Crippen LogP contribution in [0.1, 0.15) is 18.9 Å². The molecule has 0 aliphatic carbocycles. The zero-order chi connectivity index (χ0) is 15.3. The average molecular weight is 290 g/mol. The van der Waals surface area contributed by atoms with Gasteiger partial charge in [0.15, 0.2) is 0 Å². The fourth-order valence-electron chi connectivity index (χ4n) is 1.63. The minimum Gasteiger partial charge on any atom is -0.406 e. The topological polar surface area (TPSA) is 55.6 Å². The zero-order valence-electron chi connectivity index (χ0n) is 11.3. The molecule has 0 aliphatic heterocycles. The number of hydrogen-bond donors (Lipinski definition) is 1. The highest BCUT2D eigenvalue weighted by molar-refractivity contribution is 5.76. The largest absolute Gasteiger partial charge is 0.573 e. The number of nitrogens with two attached hydrogens (primary N) is 1. The van der Waals surface area contributed by atoms with Gasteiger partial charge < -0.3 is 15.4 Å². The Balaban J connectivity index is 2.68. The number of halogens is 3. The Morgan fingerprint density at radius 1 is 1.45 bits per heavy atom. The molecule has 0 radical (unpaired) electrons. The maximum atomic E-state index is 12.1. The summed E-state index contributed by atoms with van der Waals surface area (Å²) in [6.07, 6.45) is -4.54. The fraction of sp³-hybridized carbons (Fsp3) is 0.462. The molecular weight excluding hydrogens is 273 g/mol. The molecule has 1 aromatic carbocycles. The van der Waals surface area contributed by atoms with Crippen LogP contribution in [0.3, 0.4) is 0 Å². The van der Waals surface area contributed by atoms with Crippen molar-refractivity contribution in [2.75, 3.05) is 7.05 Å². The van der Waals surface area contributed by atoms with Crippen molar-refractivity contribution in [3.05, 3.63) is 29.8 Å². The van der Waals surface area contributed by atoms with Gasteiger partial charge in [-0.05, 0) is 24.6 Å². The normalized spacial score (nSPS) is 12.9. The highest BCUT2D eigenvalue weighted by Crippen LogP contribution is 2.23. The highest BCUT2D eigenvalue weighted by Gasteiger charge is 2.31. The van der Waals surface area contributed by atoms with Gasteiger partial charge in [0.25, 0.3) is 0 Å². The number of rotatable bonds is 5. The van der Waals surface area contributed by atoms with Crippen LogP contribution in [0.4, 0.5) is 13.2 Å². The summed E-state index contributed by atoms with van der Waals surface area (Å²) in [5.41, 5.74) is 6.07. The molecule has 0 bridgehead atoms. The van der Waals surface area contributed by atoms with Gasteiger partial charge in [-0.3, -0.25) is 4.79 Å². The van der Waals surface area contributed by atoms with Crippen LogP contribution in [0, 0.1) is 0 Å². The average Bonchev–Trinajstić information content (AvgIpc) is 2.25. The molecular formula is C13H17F3N2O2. The van der Waals surface area contributed by atoms with E-state index >= 15 is 0 Å². The van der Waals surface area contributed by atoms with E-state index in [9.17, 15) is 18.0 Å². The number of carbonyl (C=O) groups is 1. The van der Waals surface area contributed by atoms with Crippen molar-refractivity contribution < 1.29 is 22.7 Å². The van der Waals surface area contributed by atoms with E-state index in [2.05, 4.69) is 4.74 Å². The first-order valence-electron chi connectivity index (χ1n) is 6.01. The lowest BCUT2D eigenvalue weighted by Gasteiger charge is -2.19. The van der Waals surface area contributed by atoms with E-state index in [-0.39, 0.29) is 30.7 Å². The Bertz CT molecular complexity index is 461. The summed E-state index contributed by atoms with van der Waals surface area (Å²) in [6.45, 7) is 1.91. The number of ether oxygens (including phenoxy) is 1. The number of benzene rings is 1. The first-order chi connectivity index (χ1) is 9.17. The number of carbonyl (C=O) groups excluding carboxylic acids is 1. The monoisotopic (exact) mass is 290 g/mol. The molecule has 1 unspecified atom stereocenters. The van der Waals surface area contributed by atoms with Gasteiger partial charge in [-0.2, -0.15) is 0 Å². The van der Waals surface area contributed by atoms with Gasteiger partial charge in [0.1, 0.15) is 5.75 Å². The minimum absolute atomic E-state index is 0.165. The first-order valence-corrected chi connectivity index (χ1v) is 6.01. The van der Waals surface area contributed by atoms with Crippen LogP contribution in [0.2, 0.25) is 0 Å². The van der Waals surface area contributed by atoms with Crippen LogP contribution in [0.5, 0.6) is 5.75 Å². The summed E-state index contributed by atoms with van der Waals surface area (Å²) in [5.74, 6) is -0.467. The number of nitrogens with zero attached hydrogens (tertiary/aromatic N) is 1. The molecule has 112 valence electrons. The molecule has 1 aromatic rings. The molecule has 0 saturated carbocycles. The molecule has 1 rings (SSSR count). The van der Waals surface area contributed by atoms with Crippen LogP contribution in [-0.2, 0) is 11.3 Å². The second-order valence-corrected chi connectivity index (χ2v) is 4.63. The summed E-state index contributed by atoms with van der Waals surface area (Å²) in [5, 5.41) is 0. The van der Waals surface area contributed by atoms with Crippen molar-refractivity contribution in [3.63, 3.8) is 0 Å². The molecule has 0 saturated heterocycles. The summed E-state index contributed by atoms with van der Waals surface area (Å²) < 4.78 is 40.1. The van der Waals surface area contributed by atoms with Gasteiger partial charge >= 0.3 is 6.36 Å². The smallest absolute Gasteiger partial charge is 0.406 e. The third kappa shape index (κ3) is 5.92. The van der Waals surface area contributed by atoms with Gasteiger partial charge in [0.2, 0.25) is 5.91 Å². The Kier molecular flexibility index (Phi) is 5.38. The van der Waals surface area contributed by atoms with Gasteiger partial charge in [0.05, 0.1) is 0 Å². The number of hydrogen-bond acceptors (Lipinski definition) is 3. The standard InChI is InChI=1S/C13H17F3N2O2/c1-9(17)6-12(19)18(2)8-10-4-3-5-11(7-10)20-13(14,15)16/h3-5,7,9H,6,8,17H2,1-2H3. The van der Waals surface area contributed by atoms with Crippen LogP contribution >= 0.6 is 0 Å². The van der Waals surface area contributed by atoms with Crippen molar-refractivity contribution in [3.8, 4) is 5.75 Å². The van der Waals surface area contributed by atoms with E-state index in [1.807, 2.05) is 0 Å². The molecule has 0 aromatic heterocycles. The second kappa shape index (κ2) is 6.60. The maximum absolute atomic E-state index is 12.1. The van der Waals surface area contributed by atoms with E-state index in [1.54, 1.807) is 20.0 Å². The predicted octanol–water partition coefficient (Wildman–Crippen LogP) is 2.28. The maximum Gasteiger partial charge on any atom is 0.573 e. The number of alkyl halides is 3. The summed E-state index contributed by atoms with van der Waals surface area (Å²) >= 11 is 0. The lowest BCUT2D eigenvalue weighted by molar-refractivity contribution is -0.274. The molecule has 1 atom stereocenters. The second-order valence-electron chi connectivity index (χ2n) is 4.63. The van der Waals surface area contributed by atoms with Gasteiger partial charge in [-0.15, -0.1) is 13.2 Å². The Morgan fingerprint density at radius 2 is 2.10 bits per heavy atom. The van der Waals surface area contributed by atoms with Gasteiger partial charge in [0, 0.05) is 26.1 Å². The Hall–Kier alpha value is -1.76. The minimum atomic E-state index is -4.73. The molecule has 0 heterocycles. The van der Waals surface area contributed by atoms with Crippen molar-refractivity contribution in [1.82, 2.24) is 4.90 Å². The van der Waals surface area contributed by atoms with Crippen molar-refractivity contribution >= 4 is 5.91 Å². The fourth-order valence-corrected chi connectivity index (χ4v) is 1.63. The van der Waals surface area contributed by atoms with Crippen LogP contribution in [-0.4, -0.2) is 30.3 Å². The SMILES string of the molecule is CC(N)CC(=O)N(C)Cc1cccc(OC(F)(F)F)c1. The van der Waals surface area contributed by atoms with Crippen LogP contribution in [0.15, 0.2) is 24.3 Å². The molecule has 0 spiro atoms. The first kappa shape index (κ1) is 16.3. The summed E-state index contributed by atoms with van der Waals surface area (Å²) in [6, 6.07) is 5.27. The molecule has 2 N–H and O–H groups in total. The zero-order valence-corrected chi connectivity index (χ0v) is 11.3. The Morgan fingerprint density at radius 3 is 2.65 bits per heavy atom. The lowest BCUT2D eigenvalue weighted by atomic mass is 10.2. The molecule has 1 amide bonds. The van der Waals surface area contributed by atoms with Crippen LogP contribution < -0.4 is 10.5 Å². The molecule has 7 heteroatoms. The predicted molar refractivity (Wildman–Crippen MR) is 67.9 cm³/mol. The molecule has 20 heavy (non-hydrogen) atoms. The van der Waals surface area contributed by atoms with Gasteiger partial charge in [-0.25, -0.2) is 0 Å². The van der Waals surface area contributed by atoms with E-state index < -0.39 is 6.36 Å². The van der Waals surface area contributed by atoms with Crippen molar-refractivity contribution in [2.24, 2.45) is 5.73 Å². The third-order valence-corrected chi connectivity index (χ3v) is 2.47. The van der Waals surface area contributed by atoms with E-state index in [0.717, 1.165) is 0 Å². The lowest BCUT2D eigenvalue weighted by Crippen LogP contribution is -2.31. The summed E-state index contributed by atoms with van der Waals surface area (Å²) in [7, 11) is 1.57. The number of amides is 1. The van der Waals surface area contributed by atoms with E-state index in [0.29, 0.717) is 5.56 Å². The van der Waals surface area contributed by atoms with Crippen molar-refractivity contribution in [2.45, 2.75) is 32.3 Å². The van der Waals surface area contributed by atoms with Crippen LogP contribution in [0.25, 0.3) is 0 Å². The molecule has 4 nitrogen and oxygen atoms in total. The Labute approximate surface area is 115 Å².